The fourth-order valence-corrected chi connectivity index (χ4v) is 6.08. The first kappa shape index (κ1) is 25.9. The molecule has 0 unspecified atom stereocenters. The van der Waals surface area contributed by atoms with Gasteiger partial charge in [-0.2, -0.15) is 0 Å². The summed E-state index contributed by atoms with van der Waals surface area (Å²) < 4.78 is 7.24. The van der Waals surface area contributed by atoms with Crippen molar-refractivity contribution in [1.82, 2.24) is 24.3 Å². The molecule has 1 aliphatic rings. The van der Waals surface area contributed by atoms with Crippen molar-refractivity contribution in [3.8, 4) is 27.6 Å². The number of rotatable bonds is 8. The molecule has 2 aromatic carbocycles. The van der Waals surface area contributed by atoms with Crippen molar-refractivity contribution in [2.24, 2.45) is 0 Å². The zero-order chi connectivity index (χ0) is 27.5. The van der Waals surface area contributed by atoms with Gasteiger partial charge in [0.2, 0.25) is 5.95 Å². The maximum atomic E-state index is 13.0. The molecule has 5 aromatic rings. The van der Waals surface area contributed by atoms with E-state index in [0.29, 0.717) is 34.6 Å². The van der Waals surface area contributed by atoms with Gasteiger partial charge in [-0.15, -0.1) is 0 Å². The van der Waals surface area contributed by atoms with Crippen molar-refractivity contribution >= 4 is 33.6 Å². The van der Waals surface area contributed by atoms with Crippen LogP contribution in [0, 0.1) is 0 Å². The van der Waals surface area contributed by atoms with Crippen molar-refractivity contribution in [3.63, 3.8) is 0 Å². The summed E-state index contributed by atoms with van der Waals surface area (Å²) >= 11 is 1.40. The molecule has 3 aromatic heterocycles. The number of fused-ring (bicyclic) bond motifs is 1. The van der Waals surface area contributed by atoms with Crippen LogP contribution in [-0.2, 0) is 0 Å². The highest BCUT2D eigenvalue weighted by Crippen LogP contribution is 2.41. The molecule has 0 spiro atoms. The van der Waals surface area contributed by atoms with Gasteiger partial charge in [-0.1, -0.05) is 29.5 Å². The van der Waals surface area contributed by atoms with Gasteiger partial charge in [-0.3, -0.25) is 14.1 Å². The molecule has 0 saturated carbocycles. The van der Waals surface area contributed by atoms with Crippen LogP contribution in [0.1, 0.15) is 0 Å². The lowest BCUT2D eigenvalue weighted by Crippen LogP contribution is -2.47. The standard InChI is InChI=1S/C29H29N7O3S/c1-39-24-8-3-2-7-22(24)26-27(40-29-31-12-10-25(38)36(26)29)23-9-11-30-28(33-23)32-20-5-4-6-21(19-20)35-15-13-34(14-16-35)17-18-37/h2-12,19,37H,13-18H2,1H3,(H,30,32,33). The second-order valence-electron chi connectivity index (χ2n) is 9.37. The highest BCUT2D eigenvalue weighted by atomic mass is 32.1. The molecule has 10 nitrogen and oxygen atoms in total. The van der Waals surface area contributed by atoms with Crippen LogP contribution in [0.4, 0.5) is 17.3 Å². The van der Waals surface area contributed by atoms with Crippen LogP contribution in [-0.4, -0.2) is 75.8 Å². The monoisotopic (exact) mass is 555 g/mol. The number of aliphatic hydroxyl groups is 1. The fourth-order valence-electron chi connectivity index (χ4n) is 4.99. The third-order valence-electron chi connectivity index (χ3n) is 6.95. The Morgan fingerprint density at radius 3 is 2.65 bits per heavy atom. The second kappa shape index (κ2) is 11.4. The molecule has 0 radical (unpaired) electrons. The summed E-state index contributed by atoms with van der Waals surface area (Å²) in [4.78, 5) is 32.7. The summed E-state index contributed by atoms with van der Waals surface area (Å²) in [5.41, 5.74) is 3.97. The Balaban J connectivity index is 1.33. The summed E-state index contributed by atoms with van der Waals surface area (Å²) in [7, 11) is 1.62. The number of aliphatic hydroxyl groups excluding tert-OH is 1. The van der Waals surface area contributed by atoms with E-state index in [1.807, 2.05) is 42.5 Å². The van der Waals surface area contributed by atoms with Gasteiger partial charge in [0.1, 0.15) is 5.75 Å². The predicted molar refractivity (Wildman–Crippen MR) is 158 cm³/mol. The SMILES string of the molecule is COc1ccccc1-c1c(-c2ccnc(Nc3cccc(N4CCN(CCO)CC4)c3)n2)sc2nccc(=O)n12. The van der Waals surface area contributed by atoms with Gasteiger partial charge in [-0.05, 0) is 36.4 Å². The molecule has 204 valence electrons. The van der Waals surface area contributed by atoms with Crippen molar-refractivity contribution in [3.05, 3.63) is 83.4 Å². The Morgan fingerprint density at radius 2 is 1.82 bits per heavy atom. The third-order valence-corrected chi connectivity index (χ3v) is 8.03. The third kappa shape index (κ3) is 5.14. The number of nitrogens with zero attached hydrogens (tertiary/aromatic N) is 6. The number of thiazole rings is 1. The van der Waals surface area contributed by atoms with E-state index in [1.165, 1.54) is 23.6 Å². The molecule has 1 fully saturated rings. The molecule has 2 N–H and O–H groups in total. The number of nitrogens with one attached hydrogen (secondary N) is 1. The van der Waals surface area contributed by atoms with E-state index in [1.54, 1.807) is 17.7 Å². The van der Waals surface area contributed by atoms with Crippen LogP contribution in [0.5, 0.6) is 5.75 Å². The first-order valence-corrected chi connectivity index (χ1v) is 13.9. The maximum Gasteiger partial charge on any atom is 0.258 e. The molecular weight excluding hydrogens is 526 g/mol. The lowest BCUT2D eigenvalue weighted by Gasteiger charge is -2.35. The van der Waals surface area contributed by atoms with Gasteiger partial charge in [0.25, 0.3) is 5.56 Å². The van der Waals surface area contributed by atoms with Crippen molar-refractivity contribution < 1.29 is 9.84 Å². The quantitative estimate of drug-likeness (QED) is 0.296. The Morgan fingerprint density at radius 1 is 1.00 bits per heavy atom. The summed E-state index contributed by atoms with van der Waals surface area (Å²) in [6.45, 7) is 4.55. The zero-order valence-electron chi connectivity index (χ0n) is 22.0. The number of ether oxygens (including phenoxy) is 1. The van der Waals surface area contributed by atoms with Gasteiger partial charge >= 0.3 is 0 Å². The molecule has 6 rings (SSSR count). The largest absolute Gasteiger partial charge is 0.496 e. The number of anilines is 3. The average molecular weight is 556 g/mol. The van der Waals surface area contributed by atoms with Gasteiger partial charge in [-0.25, -0.2) is 15.0 Å². The van der Waals surface area contributed by atoms with Gasteiger partial charge in [0.05, 0.1) is 30.0 Å². The molecule has 0 bridgehead atoms. The highest BCUT2D eigenvalue weighted by molar-refractivity contribution is 7.20. The summed E-state index contributed by atoms with van der Waals surface area (Å²) in [6.07, 6.45) is 3.23. The normalized spacial score (nSPS) is 14.0. The van der Waals surface area contributed by atoms with E-state index < -0.39 is 0 Å². The van der Waals surface area contributed by atoms with Crippen LogP contribution < -0.4 is 20.5 Å². The van der Waals surface area contributed by atoms with Crippen molar-refractivity contribution in [2.75, 3.05) is 56.7 Å². The smallest absolute Gasteiger partial charge is 0.258 e. The topological polar surface area (TPSA) is 108 Å². The Bertz CT molecular complexity index is 1690. The molecule has 40 heavy (non-hydrogen) atoms. The van der Waals surface area contributed by atoms with E-state index in [0.717, 1.165) is 48.0 Å². The Labute approximate surface area is 235 Å². The second-order valence-corrected chi connectivity index (χ2v) is 10.4. The van der Waals surface area contributed by atoms with Gasteiger partial charge in [0.15, 0.2) is 4.96 Å². The lowest BCUT2D eigenvalue weighted by molar-refractivity contribution is 0.189. The lowest BCUT2D eigenvalue weighted by atomic mass is 10.1. The molecule has 0 amide bonds. The molecule has 0 aliphatic carbocycles. The van der Waals surface area contributed by atoms with Crippen molar-refractivity contribution in [1.29, 1.82) is 0 Å². The van der Waals surface area contributed by atoms with Crippen LogP contribution in [0.2, 0.25) is 0 Å². The number of para-hydroxylation sites is 1. The number of methoxy groups -OCH3 is 1. The van der Waals surface area contributed by atoms with E-state index in [2.05, 4.69) is 37.2 Å². The zero-order valence-corrected chi connectivity index (χ0v) is 22.8. The summed E-state index contributed by atoms with van der Waals surface area (Å²) in [6, 6.07) is 19.1. The highest BCUT2D eigenvalue weighted by Gasteiger charge is 2.22. The van der Waals surface area contributed by atoms with Crippen molar-refractivity contribution in [2.45, 2.75) is 0 Å². The maximum absolute atomic E-state index is 13.0. The number of β-amino-alcohol motifs (C(OH)–C–C–N with tert-alkyl or cyclic N) is 1. The molecule has 0 atom stereocenters. The van der Waals surface area contributed by atoms with Gasteiger partial charge < -0.3 is 20.1 Å². The van der Waals surface area contributed by atoms with Gasteiger partial charge in [0, 0.05) is 68.1 Å². The number of benzene rings is 2. The van der Waals surface area contributed by atoms with Crippen LogP contribution >= 0.6 is 11.3 Å². The average Bonchev–Trinajstić information content (AvgIpc) is 3.39. The molecule has 1 saturated heterocycles. The Kier molecular flexibility index (Phi) is 7.41. The van der Waals surface area contributed by atoms with E-state index in [-0.39, 0.29) is 12.2 Å². The summed E-state index contributed by atoms with van der Waals surface area (Å²) in [5.74, 6) is 1.10. The molecular formula is C29H29N7O3S. The van der Waals surface area contributed by atoms with Crippen LogP contribution in [0.25, 0.3) is 26.8 Å². The summed E-state index contributed by atoms with van der Waals surface area (Å²) in [5, 5.41) is 12.6. The van der Waals surface area contributed by atoms with Crippen LogP contribution in [0.15, 0.2) is 77.9 Å². The van der Waals surface area contributed by atoms with Crippen LogP contribution in [0.3, 0.4) is 0 Å². The minimum atomic E-state index is -0.171. The first-order valence-electron chi connectivity index (χ1n) is 13.1. The van der Waals surface area contributed by atoms with E-state index in [4.69, 9.17) is 9.72 Å². The fraction of sp³-hybridized carbons (Fsp3) is 0.241. The number of piperazine rings is 1. The number of hydrogen-bond donors (Lipinski definition) is 2. The Hall–Kier alpha value is -4.32. The molecule has 1 aliphatic heterocycles. The minimum Gasteiger partial charge on any atom is -0.496 e. The number of hydrogen-bond acceptors (Lipinski definition) is 10. The predicted octanol–water partition coefficient (Wildman–Crippen LogP) is 3.75. The number of aromatic nitrogens is 4. The minimum absolute atomic E-state index is 0.171. The first-order chi connectivity index (χ1) is 19.6. The molecule has 4 heterocycles. The molecule has 11 heteroatoms. The van der Waals surface area contributed by atoms with E-state index >= 15 is 0 Å². The van der Waals surface area contributed by atoms with E-state index in [9.17, 15) is 9.90 Å².